The van der Waals surface area contributed by atoms with Crippen LogP contribution in [0.15, 0.2) is 29.6 Å². The summed E-state index contributed by atoms with van der Waals surface area (Å²) in [6, 6.07) is 1.46. The highest BCUT2D eigenvalue weighted by Crippen LogP contribution is 2.08. The minimum absolute atomic E-state index is 0.0148. The van der Waals surface area contributed by atoms with E-state index >= 15 is 0 Å². The van der Waals surface area contributed by atoms with Gasteiger partial charge in [0, 0.05) is 25.9 Å². The number of carboxylic acids is 1. The third kappa shape index (κ3) is 3.22. The molecule has 0 unspecified atom stereocenters. The molecule has 0 saturated carbocycles. The Labute approximate surface area is 120 Å². The summed E-state index contributed by atoms with van der Waals surface area (Å²) in [6.45, 7) is 2.70. The van der Waals surface area contributed by atoms with Crippen LogP contribution in [0.5, 0.6) is 0 Å². The second-order valence-corrected chi connectivity index (χ2v) is 4.41. The summed E-state index contributed by atoms with van der Waals surface area (Å²) < 4.78 is 1.17. The standard InChI is InChI=1S/C13H15N5O3/c1-3-17(2)9-4-12(19)18(16-5-9)7-11-10(13(20)21)6-14-8-15-11/h4-6,8H,3,7H2,1-2H3,(H,20,21). The second kappa shape index (κ2) is 6.12. The predicted octanol–water partition coefficient (Wildman–Crippen LogP) is 0.236. The molecule has 0 aliphatic rings. The quantitative estimate of drug-likeness (QED) is 0.841. The number of aromatic carboxylic acids is 1. The highest BCUT2D eigenvalue weighted by Gasteiger charge is 2.13. The predicted molar refractivity (Wildman–Crippen MR) is 75.5 cm³/mol. The Hall–Kier alpha value is -2.77. The van der Waals surface area contributed by atoms with E-state index in [9.17, 15) is 9.59 Å². The Morgan fingerprint density at radius 3 is 2.81 bits per heavy atom. The number of rotatable bonds is 5. The van der Waals surface area contributed by atoms with Crippen LogP contribution in [0.3, 0.4) is 0 Å². The van der Waals surface area contributed by atoms with Crippen molar-refractivity contribution in [2.75, 3.05) is 18.5 Å². The summed E-state index contributed by atoms with van der Waals surface area (Å²) >= 11 is 0. The molecule has 0 bridgehead atoms. The first kappa shape index (κ1) is 14.6. The minimum atomic E-state index is -1.14. The third-order valence-electron chi connectivity index (χ3n) is 3.09. The number of hydrogen-bond acceptors (Lipinski definition) is 6. The number of hydrogen-bond donors (Lipinski definition) is 1. The van der Waals surface area contributed by atoms with E-state index in [1.54, 1.807) is 6.20 Å². The number of nitrogens with zero attached hydrogens (tertiary/aromatic N) is 5. The van der Waals surface area contributed by atoms with Crippen molar-refractivity contribution in [3.63, 3.8) is 0 Å². The molecule has 0 saturated heterocycles. The molecule has 8 heteroatoms. The van der Waals surface area contributed by atoms with Crippen LogP contribution in [-0.4, -0.2) is 44.4 Å². The van der Waals surface area contributed by atoms with Crippen LogP contribution < -0.4 is 10.5 Å². The van der Waals surface area contributed by atoms with Gasteiger partial charge in [0.2, 0.25) is 0 Å². The fourth-order valence-corrected chi connectivity index (χ4v) is 1.74. The van der Waals surface area contributed by atoms with Crippen molar-refractivity contribution in [2.45, 2.75) is 13.5 Å². The zero-order valence-corrected chi connectivity index (χ0v) is 11.7. The molecule has 0 amide bonds. The van der Waals surface area contributed by atoms with Gasteiger partial charge in [0.15, 0.2) is 0 Å². The molecule has 110 valence electrons. The van der Waals surface area contributed by atoms with Crippen LogP contribution in [0.1, 0.15) is 23.0 Å². The van der Waals surface area contributed by atoms with Gasteiger partial charge in [-0.15, -0.1) is 0 Å². The summed E-state index contributed by atoms with van der Waals surface area (Å²) in [5.74, 6) is -1.14. The first-order valence-electron chi connectivity index (χ1n) is 6.33. The van der Waals surface area contributed by atoms with Crippen molar-refractivity contribution < 1.29 is 9.90 Å². The van der Waals surface area contributed by atoms with Crippen LogP contribution >= 0.6 is 0 Å². The SMILES string of the molecule is CCN(C)c1cnn(Cc2ncncc2C(=O)O)c(=O)c1. The molecule has 0 radical (unpaired) electrons. The van der Waals surface area contributed by atoms with Crippen LogP contribution in [0.2, 0.25) is 0 Å². The molecule has 2 heterocycles. The smallest absolute Gasteiger partial charge is 0.339 e. The third-order valence-corrected chi connectivity index (χ3v) is 3.09. The lowest BCUT2D eigenvalue weighted by molar-refractivity contribution is 0.0694. The lowest BCUT2D eigenvalue weighted by atomic mass is 10.2. The van der Waals surface area contributed by atoms with Gasteiger partial charge in [-0.2, -0.15) is 5.10 Å². The second-order valence-electron chi connectivity index (χ2n) is 4.41. The van der Waals surface area contributed by atoms with Gasteiger partial charge in [0.1, 0.15) is 11.9 Å². The molecule has 0 spiro atoms. The lowest BCUT2D eigenvalue weighted by Crippen LogP contribution is -2.27. The molecule has 0 aliphatic carbocycles. The van der Waals surface area contributed by atoms with Crippen LogP contribution in [-0.2, 0) is 6.54 Å². The van der Waals surface area contributed by atoms with Gasteiger partial charge in [-0.05, 0) is 6.92 Å². The summed E-state index contributed by atoms with van der Waals surface area (Å²) in [5.41, 5.74) is 0.590. The van der Waals surface area contributed by atoms with Gasteiger partial charge in [-0.1, -0.05) is 0 Å². The van der Waals surface area contributed by atoms with E-state index in [0.29, 0.717) is 5.69 Å². The summed E-state index contributed by atoms with van der Waals surface area (Å²) in [6.07, 6.45) is 4.01. The van der Waals surface area contributed by atoms with Crippen molar-refractivity contribution in [1.82, 2.24) is 19.7 Å². The molecule has 1 N–H and O–H groups in total. The van der Waals surface area contributed by atoms with E-state index in [-0.39, 0.29) is 23.4 Å². The number of carbonyl (C=O) groups is 1. The number of aromatic nitrogens is 4. The van der Waals surface area contributed by atoms with Gasteiger partial charge in [-0.25, -0.2) is 19.4 Å². The number of anilines is 1. The normalized spacial score (nSPS) is 10.4. The number of carboxylic acid groups (broad SMARTS) is 1. The van der Waals surface area contributed by atoms with E-state index in [1.165, 1.54) is 23.3 Å². The van der Waals surface area contributed by atoms with E-state index in [4.69, 9.17) is 5.11 Å². The van der Waals surface area contributed by atoms with Crippen molar-refractivity contribution in [2.24, 2.45) is 0 Å². The first-order chi connectivity index (χ1) is 10.0. The summed E-state index contributed by atoms with van der Waals surface area (Å²) in [4.78, 5) is 32.6. The van der Waals surface area contributed by atoms with Crippen molar-refractivity contribution in [3.8, 4) is 0 Å². The molecule has 0 fully saturated rings. The monoisotopic (exact) mass is 289 g/mol. The maximum Gasteiger partial charge on any atom is 0.339 e. The Morgan fingerprint density at radius 2 is 2.19 bits per heavy atom. The van der Waals surface area contributed by atoms with E-state index < -0.39 is 5.97 Å². The average Bonchev–Trinajstić information content (AvgIpc) is 2.48. The summed E-state index contributed by atoms with van der Waals surface area (Å²) in [5, 5.41) is 13.1. The molecule has 0 aliphatic heterocycles. The zero-order chi connectivity index (χ0) is 15.4. The Bertz CT molecular complexity index is 713. The van der Waals surface area contributed by atoms with Crippen molar-refractivity contribution in [1.29, 1.82) is 0 Å². The van der Waals surface area contributed by atoms with Crippen LogP contribution in [0, 0.1) is 0 Å². The largest absolute Gasteiger partial charge is 0.478 e. The maximum absolute atomic E-state index is 12.0. The molecule has 0 aromatic carbocycles. The van der Waals surface area contributed by atoms with E-state index in [1.807, 2.05) is 18.9 Å². The van der Waals surface area contributed by atoms with Crippen molar-refractivity contribution in [3.05, 3.63) is 46.4 Å². The molecule has 8 nitrogen and oxygen atoms in total. The van der Waals surface area contributed by atoms with Gasteiger partial charge < -0.3 is 10.0 Å². The van der Waals surface area contributed by atoms with Gasteiger partial charge >= 0.3 is 5.97 Å². The molecular weight excluding hydrogens is 274 g/mol. The minimum Gasteiger partial charge on any atom is -0.478 e. The van der Waals surface area contributed by atoms with E-state index in [0.717, 1.165) is 6.54 Å². The maximum atomic E-state index is 12.0. The molecule has 2 aromatic heterocycles. The van der Waals surface area contributed by atoms with E-state index in [2.05, 4.69) is 15.1 Å². The van der Waals surface area contributed by atoms with Crippen LogP contribution in [0.4, 0.5) is 5.69 Å². The lowest BCUT2D eigenvalue weighted by Gasteiger charge is -2.16. The molecule has 2 aromatic rings. The highest BCUT2D eigenvalue weighted by atomic mass is 16.4. The van der Waals surface area contributed by atoms with Gasteiger partial charge in [0.25, 0.3) is 5.56 Å². The molecular formula is C13H15N5O3. The topological polar surface area (TPSA) is 101 Å². The zero-order valence-electron chi connectivity index (χ0n) is 11.7. The highest BCUT2D eigenvalue weighted by molar-refractivity contribution is 5.88. The molecule has 0 atom stereocenters. The average molecular weight is 289 g/mol. The molecule has 21 heavy (non-hydrogen) atoms. The van der Waals surface area contributed by atoms with Crippen LogP contribution in [0.25, 0.3) is 0 Å². The van der Waals surface area contributed by atoms with Gasteiger partial charge in [-0.3, -0.25) is 4.79 Å². The first-order valence-corrected chi connectivity index (χ1v) is 6.33. The van der Waals surface area contributed by atoms with Crippen molar-refractivity contribution >= 4 is 11.7 Å². The summed E-state index contributed by atoms with van der Waals surface area (Å²) in [7, 11) is 1.85. The Morgan fingerprint density at radius 1 is 1.43 bits per heavy atom. The molecule has 2 rings (SSSR count). The van der Waals surface area contributed by atoms with Gasteiger partial charge in [0.05, 0.1) is 24.1 Å². The fourth-order valence-electron chi connectivity index (χ4n) is 1.74. The fraction of sp³-hybridized carbons (Fsp3) is 0.308. The Balaban J connectivity index is 2.33. The Kier molecular flexibility index (Phi) is 4.27.